The summed E-state index contributed by atoms with van der Waals surface area (Å²) in [5.74, 6) is 0.500. The number of thiophene rings is 1. The number of rotatable bonds is 10. The number of nitrogens with one attached hydrogen (secondary N) is 1. The molecule has 1 aliphatic rings. The topological polar surface area (TPSA) is 27.7 Å². The predicted molar refractivity (Wildman–Crippen MR) is 140 cm³/mol. The lowest BCUT2D eigenvalue weighted by Gasteiger charge is -2.43. The Kier molecular flexibility index (Phi) is 8.57. The van der Waals surface area contributed by atoms with Crippen molar-refractivity contribution >= 4 is 17.0 Å². The first-order valence-corrected chi connectivity index (χ1v) is 12.9. The Morgan fingerprint density at radius 2 is 1.94 bits per heavy atom. The van der Waals surface area contributed by atoms with Crippen LogP contribution in [0.3, 0.4) is 0 Å². The van der Waals surface area contributed by atoms with E-state index in [-0.39, 0.29) is 6.10 Å². The third kappa shape index (κ3) is 6.24. The molecule has 1 N–H and O–H groups in total. The fourth-order valence-corrected chi connectivity index (χ4v) is 5.73. The molecule has 3 unspecified atom stereocenters. The van der Waals surface area contributed by atoms with Gasteiger partial charge in [0.2, 0.25) is 0 Å². The zero-order valence-corrected chi connectivity index (χ0v) is 20.9. The lowest BCUT2D eigenvalue weighted by atomic mass is 9.85. The van der Waals surface area contributed by atoms with Gasteiger partial charge in [0.15, 0.2) is 0 Å². The summed E-state index contributed by atoms with van der Waals surface area (Å²) in [6.45, 7) is 3.70. The molecule has 1 aliphatic heterocycles. The predicted octanol–water partition coefficient (Wildman–Crippen LogP) is 5.54. The van der Waals surface area contributed by atoms with Gasteiger partial charge in [0.25, 0.3) is 0 Å². The lowest BCUT2D eigenvalue weighted by Crippen LogP contribution is -2.47. The largest absolute Gasteiger partial charge is 0.371 e. The zero-order chi connectivity index (χ0) is 23.0. The van der Waals surface area contributed by atoms with Gasteiger partial charge in [-0.2, -0.15) is 0 Å². The number of anilines is 1. The molecule has 33 heavy (non-hydrogen) atoms. The third-order valence-electron chi connectivity index (χ3n) is 6.71. The van der Waals surface area contributed by atoms with Crippen LogP contribution in [-0.2, 0) is 11.3 Å². The SMILES string of the molecule is CNCCC(OCc1cccc(N2CCC(N(C)C)C(c3ccccc3)C2)c1)c1cccs1. The first-order chi connectivity index (χ1) is 16.2. The number of hydrogen-bond donors (Lipinski definition) is 1. The summed E-state index contributed by atoms with van der Waals surface area (Å²) in [5, 5.41) is 5.39. The molecule has 0 spiro atoms. The second kappa shape index (κ2) is 11.8. The maximum Gasteiger partial charge on any atom is 0.0933 e. The van der Waals surface area contributed by atoms with E-state index < -0.39 is 0 Å². The van der Waals surface area contributed by atoms with Crippen LogP contribution in [0.5, 0.6) is 0 Å². The van der Waals surface area contributed by atoms with E-state index in [4.69, 9.17) is 4.74 Å². The Bertz CT molecular complexity index is 960. The Balaban J connectivity index is 1.45. The molecule has 3 aromatic rings. The first-order valence-electron chi connectivity index (χ1n) is 12.0. The van der Waals surface area contributed by atoms with Crippen LogP contribution in [0.4, 0.5) is 5.69 Å². The van der Waals surface area contributed by atoms with Crippen LogP contribution in [-0.4, -0.2) is 51.7 Å². The zero-order valence-electron chi connectivity index (χ0n) is 20.1. The van der Waals surface area contributed by atoms with Crippen molar-refractivity contribution in [2.45, 2.75) is 37.5 Å². The van der Waals surface area contributed by atoms with Crippen LogP contribution in [0.1, 0.15) is 40.9 Å². The molecule has 0 radical (unpaired) electrons. The third-order valence-corrected chi connectivity index (χ3v) is 7.68. The van der Waals surface area contributed by atoms with E-state index in [9.17, 15) is 0 Å². The molecule has 0 amide bonds. The van der Waals surface area contributed by atoms with Crippen LogP contribution < -0.4 is 10.2 Å². The summed E-state index contributed by atoms with van der Waals surface area (Å²) in [6.07, 6.45) is 2.28. The molecule has 1 saturated heterocycles. The van der Waals surface area contributed by atoms with Crippen molar-refractivity contribution < 1.29 is 4.74 Å². The number of likely N-dealkylation sites (N-methyl/N-ethyl adjacent to an activating group) is 1. The summed E-state index contributed by atoms with van der Waals surface area (Å²) in [4.78, 5) is 6.26. The fraction of sp³-hybridized carbons (Fsp3) is 0.429. The summed E-state index contributed by atoms with van der Waals surface area (Å²) >= 11 is 1.78. The summed E-state index contributed by atoms with van der Waals surface area (Å²) in [5.41, 5.74) is 3.98. The van der Waals surface area contributed by atoms with Gasteiger partial charge >= 0.3 is 0 Å². The molecule has 0 bridgehead atoms. The van der Waals surface area contributed by atoms with Crippen LogP contribution in [0, 0.1) is 0 Å². The average molecular weight is 464 g/mol. The van der Waals surface area contributed by atoms with Gasteiger partial charge in [0, 0.05) is 35.6 Å². The molecule has 0 aliphatic carbocycles. The Morgan fingerprint density at radius 3 is 2.67 bits per heavy atom. The molecule has 2 heterocycles. The highest BCUT2D eigenvalue weighted by molar-refractivity contribution is 7.10. The standard InChI is InChI=1S/C28H37N3OS/c1-29-16-14-27(28-13-8-18-33-28)32-21-22-9-7-12-24(19-22)31-17-15-26(30(2)3)25(20-31)23-10-5-4-6-11-23/h4-13,18-19,25-27,29H,14-17,20-21H2,1-3H3. The van der Waals surface area contributed by atoms with Gasteiger partial charge in [-0.1, -0.05) is 48.5 Å². The summed E-state index contributed by atoms with van der Waals surface area (Å²) in [6, 6.07) is 24.8. The van der Waals surface area contributed by atoms with Gasteiger partial charge in [-0.05, 0) is 75.2 Å². The molecule has 4 rings (SSSR count). The van der Waals surface area contributed by atoms with E-state index in [1.54, 1.807) is 11.3 Å². The minimum atomic E-state index is 0.138. The van der Waals surface area contributed by atoms with E-state index in [0.29, 0.717) is 18.6 Å². The lowest BCUT2D eigenvalue weighted by molar-refractivity contribution is 0.0368. The van der Waals surface area contributed by atoms with Crippen molar-refractivity contribution in [3.8, 4) is 0 Å². The van der Waals surface area contributed by atoms with E-state index in [0.717, 1.165) is 32.5 Å². The van der Waals surface area contributed by atoms with Crippen molar-refractivity contribution in [1.29, 1.82) is 0 Å². The first kappa shape index (κ1) is 24.0. The van der Waals surface area contributed by atoms with Crippen LogP contribution >= 0.6 is 11.3 Å². The number of nitrogens with zero attached hydrogens (tertiary/aromatic N) is 2. The van der Waals surface area contributed by atoms with E-state index in [2.05, 4.69) is 101 Å². The molecule has 5 heteroatoms. The minimum Gasteiger partial charge on any atom is -0.371 e. The highest BCUT2D eigenvalue weighted by Gasteiger charge is 2.31. The Labute approximate surface area is 203 Å². The van der Waals surface area contributed by atoms with E-state index in [1.165, 1.54) is 21.7 Å². The van der Waals surface area contributed by atoms with Gasteiger partial charge in [-0.3, -0.25) is 0 Å². The number of piperidine rings is 1. The maximum atomic E-state index is 6.40. The fourth-order valence-electron chi connectivity index (χ4n) is 4.92. The van der Waals surface area contributed by atoms with Crippen molar-refractivity contribution in [3.63, 3.8) is 0 Å². The second-order valence-electron chi connectivity index (χ2n) is 9.16. The number of ether oxygens (including phenoxy) is 1. The van der Waals surface area contributed by atoms with Gasteiger partial charge in [0.05, 0.1) is 12.7 Å². The molecular weight excluding hydrogens is 426 g/mol. The van der Waals surface area contributed by atoms with Crippen molar-refractivity contribution in [1.82, 2.24) is 10.2 Å². The van der Waals surface area contributed by atoms with E-state index in [1.807, 2.05) is 7.05 Å². The molecule has 1 aromatic heterocycles. The van der Waals surface area contributed by atoms with Crippen LogP contribution in [0.15, 0.2) is 72.1 Å². The number of benzene rings is 2. The van der Waals surface area contributed by atoms with Crippen molar-refractivity contribution in [2.24, 2.45) is 0 Å². The number of hydrogen-bond acceptors (Lipinski definition) is 5. The van der Waals surface area contributed by atoms with Gasteiger partial charge in [0.1, 0.15) is 0 Å². The molecule has 2 aromatic carbocycles. The minimum absolute atomic E-state index is 0.138. The molecule has 4 nitrogen and oxygen atoms in total. The average Bonchev–Trinajstić information content (AvgIpc) is 3.39. The van der Waals surface area contributed by atoms with Crippen LogP contribution in [0.25, 0.3) is 0 Å². The van der Waals surface area contributed by atoms with Gasteiger partial charge < -0.3 is 19.9 Å². The smallest absolute Gasteiger partial charge is 0.0933 e. The van der Waals surface area contributed by atoms with E-state index >= 15 is 0 Å². The monoisotopic (exact) mass is 463 g/mol. The molecular formula is C28H37N3OS. The quantitative estimate of drug-likeness (QED) is 0.427. The molecule has 3 atom stereocenters. The summed E-state index contributed by atoms with van der Waals surface area (Å²) in [7, 11) is 6.43. The normalized spacial score (nSPS) is 19.7. The van der Waals surface area contributed by atoms with Crippen molar-refractivity contribution in [2.75, 3.05) is 45.7 Å². The van der Waals surface area contributed by atoms with Crippen LogP contribution in [0.2, 0.25) is 0 Å². The second-order valence-corrected chi connectivity index (χ2v) is 10.1. The maximum absolute atomic E-state index is 6.40. The summed E-state index contributed by atoms with van der Waals surface area (Å²) < 4.78 is 6.40. The van der Waals surface area contributed by atoms with Gasteiger partial charge in [-0.15, -0.1) is 11.3 Å². The molecule has 0 saturated carbocycles. The molecule has 1 fully saturated rings. The molecule has 176 valence electrons. The highest BCUT2D eigenvalue weighted by atomic mass is 32.1. The van der Waals surface area contributed by atoms with Crippen molar-refractivity contribution in [3.05, 3.63) is 88.1 Å². The Morgan fingerprint density at radius 1 is 1.09 bits per heavy atom. The Hall–Kier alpha value is -2.18. The highest BCUT2D eigenvalue weighted by Crippen LogP contribution is 2.33. The van der Waals surface area contributed by atoms with Gasteiger partial charge in [-0.25, -0.2) is 0 Å².